The minimum absolute atomic E-state index is 0.226. The van der Waals surface area contributed by atoms with Crippen LogP contribution in [0.25, 0.3) is 0 Å². The topological polar surface area (TPSA) is 71.8 Å². The molecule has 7 heteroatoms. The molecule has 1 atom stereocenters. The van der Waals surface area contributed by atoms with Crippen LogP contribution in [-0.2, 0) is 7.05 Å². The van der Waals surface area contributed by atoms with Crippen LogP contribution < -0.4 is 10.6 Å². The predicted octanol–water partition coefficient (Wildman–Crippen LogP) is 2.44. The van der Waals surface area contributed by atoms with E-state index < -0.39 is 0 Å². The second-order valence-corrected chi connectivity index (χ2v) is 5.80. The zero-order valence-corrected chi connectivity index (χ0v) is 12.6. The summed E-state index contributed by atoms with van der Waals surface area (Å²) in [5, 5.41) is 12.2. The van der Waals surface area contributed by atoms with Crippen molar-refractivity contribution in [2.45, 2.75) is 19.8 Å². The molecule has 0 aliphatic carbocycles. The van der Waals surface area contributed by atoms with Gasteiger partial charge in [-0.05, 0) is 12.0 Å². The van der Waals surface area contributed by atoms with Crippen molar-refractivity contribution in [2.75, 3.05) is 11.9 Å². The summed E-state index contributed by atoms with van der Waals surface area (Å²) in [6, 6.07) is 1.76. The molecule has 0 saturated carbocycles. The van der Waals surface area contributed by atoms with Crippen molar-refractivity contribution in [1.29, 1.82) is 0 Å². The molecule has 2 aromatic heterocycles. The van der Waals surface area contributed by atoms with Gasteiger partial charge in [0.2, 0.25) is 0 Å². The van der Waals surface area contributed by atoms with E-state index in [0.717, 1.165) is 5.69 Å². The van der Waals surface area contributed by atoms with Crippen LogP contribution in [0.1, 0.15) is 25.5 Å². The number of urea groups is 1. The Morgan fingerprint density at radius 2 is 2.25 bits per heavy atom. The fourth-order valence-corrected chi connectivity index (χ4v) is 2.58. The van der Waals surface area contributed by atoms with Gasteiger partial charge < -0.3 is 5.32 Å². The summed E-state index contributed by atoms with van der Waals surface area (Å²) in [6.45, 7) is 4.84. The van der Waals surface area contributed by atoms with E-state index in [4.69, 9.17) is 0 Å². The van der Waals surface area contributed by atoms with Crippen molar-refractivity contribution in [3.63, 3.8) is 0 Å². The molecule has 0 radical (unpaired) electrons. The van der Waals surface area contributed by atoms with Crippen LogP contribution in [0.2, 0.25) is 0 Å². The quantitative estimate of drug-likeness (QED) is 0.889. The summed E-state index contributed by atoms with van der Waals surface area (Å²) >= 11 is 1.39. The van der Waals surface area contributed by atoms with Crippen LogP contribution in [0.15, 0.2) is 23.8 Å². The highest BCUT2D eigenvalue weighted by molar-refractivity contribution is 7.13. The molecule has 2 heterocycles. The number of aryl methyl sites for hydroxylation is 1. The molecule has 0 bridgehead atoms. The van der Waals surface area contributed by atoms with E-state index in [9.17, 15) is 4.79 Å². The summed E-state index contributed by atoms with van der Waals surface area (Å²) in [4.78, 5) is 15.8. The van der Waals surface area contributed by atoms with Gasteiger partial charge in [0.1, 0.15) is 0 Å². The van der Waals surface area contributed by atoms with Crippen molar-refractivity contribution in [3.8, 4) is 0 Å². The van der Waals surface area contributed by atoms with Gasteiger partial charge in [0.25, 0.3) is 0 Å². The number of rotatable bonds is 5. The molecule has 0 aliphatic heterocycles. The van der Waals surface area contributed by atoms with Gasteiger partial charge >= 0.3 is 6.03 Å². The van der Waals surface area contributed by atoms with Gasteiger partial charge in [-0.3, -0.25) is 10.00 Å². The number of carbonyl (C=O) groups is 1. The Labute approximate surface area is 122 Å². The zero-order valence-electron chi connectivity index (χ0n) is 11.8. The fourth-order valence-electron chi connectivity index (χ4n) is 2.06. The number of anilines is 1. The molecule has 1 unspecified atom stereocenters. The summed E-state index contributed by atoms with van der Waals surface area (Å²) in [5.41, 5.74) is 1.12. The van der Waals surface area contributed by atoms with E-state index >= 15 is 0 Å². The van der Waals surface area contributed by atoms with Crippen molar-refractivity contribution >= 4 is 22.5 Å². The van der Waals surface area contributed by atoms with E-state index in [1.54, 1.807) is 12.4 Å². The molecular formula is C13H19N5OS. The van der Waals surface area contributed by atoms with E-state index in [-0.39, 0.29) is 11.9 Å². The molecule has 0 spiro atoms. The highest BCUT2D eigenvalue weighted by atomic mass is 32.1. The van der Waals surface area contributed by atoms with Crippen molar-refractivity contribution in [3.05, 3.63) is 29.5 Å². The highest BCUT2D eigenvalue weighted by Gasteiger charge is 2.19. The Morgan fingerprint density at radius 1 is 1.45 bits per heavy atom. The lowest BCUT2D eigenvalue weighted by Crippen LogP contribution is -2.34. The monoisotopic (exact) mass is 293 g/mol. The second-order valence-electron chi connectivity index (χ2n) is 4.90. The average molecular weight is 293 g/mol. The van der Waals surface area contributed by atoms with Crippen molar-refractivity contribution in [2.24, 2.45) is 13.0 Å². The minimum atomic E-state index is -0.229. The lowest BCUT2D eigenvalue weighted by atomic mass is 9.92. The molecule has 0 saturated heterocycles. The maximum absolute atomic E-state index is 11.8. The van der Waals surface area contributed by atoms with Crippen molar-refractivity contribution < 1.29 is 4.79 Å². The van der Waals surface area contributed by atoms with Crippen molar-refractivity contribution in [1.82, 2.24) is 20.1 Å². The zero-order chi connectivity index (χ0) is 14.5. The van der Waals surface area contributed by atoms with E-state index in [1.807, 2.05) is 23.2 Å². The maximum Gasteiger partial charge on any atom is 0.321 e. The molecular weight excluding hydrogens is 274 g/mol. The third-order valence-electron chi connectivity index (χ3n) is 3.18. The van der Waals surface area contributed by atoms with Crippen LogP contribution in [0, 0.1) is 5.92 Å². The summed E-state index contributed by atoms with van der Waals surface area (Å²) in [7, 11) is 1.92. The molecule has 2 N–H and O–H groups in total. The molecule has 0 aromatic carbocycles. The molecule has 0 aliphatic rings. The van der Waals surface area contributed by atoms with Gasteiger partial charge in [-0.25, -0.2) is 9.78 Å². The summed E-state index contributed by atoms with van der Waals surface area (Å²) in [5.74, 6) is 0.634. The van der Waals surface area contributed by atoms with Gasteiger partial charge in [-0.1, -0.05) is 13.8 Å². The van der Waals surface area contributed by atoms with Gasteiger partial charge in [0.05, 0.1) is 0 Å². The Morgan fingerprint density at radius 3 is 2.80 bits per heavy atom. The lowest BCUT2D eigenvalue weighted by molar-refractivity contribution is 0.250. The molecule has 2 amide bonds. The summed E-state index contributed by atoms with van der Waals surface area (Å²) in [6.07, 6.45) is 3.44. The van der Waals surface area contributed by atoms with Crippen LogP contribution in [0.4, 0.5) is 9.93 Å². The standard InChI is InChI=1S/C13H19N5OS/c1-9(2)10(11-4-5-16-18(11)3)8-15-12(19)17-13-14-6-7-20-13/h4-7,9-10H,8H2,1-3H3,(H2,14,15,17,19). The number of carbonyl (C=O) groups excluding carboxylic acids is 1. The van der Waals surface area contributed by atoms with E-state index in [0.29, 0.717) is 17.6 Å². The second kappa shape index (κ2) is 6.51. The van der Waals surface area contributed by atoms with E-state index in [1.165, 1.54) is 11.3 Å². The lowest BCUT2D eigenvalue weighted by Gasteiger charge is -2.21. The Bertz CT molecular complexity index is 549. The third-order valence-corrected chi connectivity index (χ3v) is 3.87. The first-order valence-corrected chi connectivity index (χ1v) is 7.38. The largest absolute Gasteiger partial charge is 0.337 e. The molecule has 2 rings (SSSR count). The minimum Gasteiger partial charge on any atom is -0.337 e. The van der Waals surface area contributed by atoms with Crippen LogP contribution >= 0.6 is 11.3 Å². The molecule has 2 aromatic rings. The Balaban J connectivity index is 1.93. The van der Waals surface area contributed by atoms with Crippen LogP contribution in [0.3, 0.4) is 0 Å². The highest BCUT2D eigenvalue weighted by Crippen LogP contribution is 2.22. The number of nitrogens with one attached hydrogen (secondary N) is 2. The SMILES string of the molecule is CC(C)C(CNC(=O)Nc1nccs1)c1ccnn1C. The average Bonchev–Trinajstić information content (AvgIpc) is 3.02. The van der Waals surface area contributed by atoms with Gasteiger partial charge in [-0.2, -0.15) is 5.10 Å². The normalized spacial score (nSPS) is 12.4. The molecule has 0 fully saturated rings. The number of nitrogens with zero attached hydrogens (tertiary/aromatic N) is 3. The molecule has 20 heavy (non-hydrogen) atoms. The predicted molar refractivity (Wildman–Crippen MR) is 79.9 cm³/mol. The number of amides is 2. The number of hydrogen-bond acceptors (Lipinski definition) is 4. The molecule has 108 valence electrons. The van der Waals surface area contributed by atoms with Gasteiger partial charge in [-0.15, -0.1) is 11.3 Å². The number of hydrogen-bond donors (Lipinski definition) is 2. The first-order chi connectivity index (χ1) is 9.58. The van der Waals surface area contributed by atoms with Gasteiger partial charge in [0.15, 0.2) is 5.13 Å². The van der Waals surface area contributed by atoms with E-state index in [2.05, 4.69) is 34.6 Å². The van der Waals surface area contributed by atoms with Crippen LogP contribution in [0.5, 0.6) is 0 Å². The van der Waals surface area contributed by atoms with Gasteiger partial charge in [0, 0.05) is 43.0 Å². The fraction of sp³-hybridized carbons (Fsp3) is 0.462. The first kappa shape index (κ1) is 14.5. The summed E-state index contributed by atoms with van der Waals surface area (Å²) < 4.78 is 1.85. The number of aromatic nitrogens is 3. The first-order valence-electron chi connectivity index (χ1n) is 6.50. The smallest absolute Gasteiger partial charge is 0.321 e. The maximum atomic E-state index is 11.8. The van der Waals surface area contributed by atoms with Crippen LogP contribution in [-0.4, -0.2) is 27.3 Å². The number of thiazole rings is 1. The Kier molecular flexibility index (Phi) is 4.73. The molecule has 6 nitrogen and oxygen atoms in total. The Hall–Kier alpha value is -1.89. The third kappa shape index (κ3) is 3.57.